The summed E-state index contributed by atoms with van der Waals surface area (Å²) in [7, 11) is 1.21. The number of ether oxygens (including phenoxy) is 2. The number of fused-ring (bicyclic) bond motifs is 1. The number of aliphatic carboxylic acids is 1. The molecule has 1 aliphatic carbocycles. The predicted molar refractivity (Wildman–Crippen MR) is 80.9 cm³/mol. The molecule has 7 heteroatoms. The number of ketones is 1. The summed E-state index contributed by atoms with van der Waals surface area (Å²) < 4.78 is 10.6. The van der Waals surface area contributed by atoms with E-state index in [4.69, 9.17) is 9.47 Å². The van der Waals surface area contributed by atoms with Crippen LogP contribution in [-0.2, 0) is 14.3 Å². The van der Waals surface area contributed by atoms with Crippen LogP contribution in [0.3, 0.4) is 0 Å². The molecule has 2 aliphatic rings. The van der Waals surface area contributed by atoms with Crippen molar-refractivity contribution in [1.29, 1.82) is 0 Å². The first kappa shape index (κ1) is 16.0. The number of carboxylic acids is 1. The van der Waals surface area contributed by atoms with Crippen molar-refractivity contribution < 1.29 is 34.1 Å². The van der Waals surface area contributed by atoms with Gasteiger partial charge in [0.05, 0.1) is 12.7 Å². The van der Waals surface area contributed by atoms with Gasteiger partial charge in [0.1, 0.15) is 17.4 Å². The van der Waals surface area contributed by atoms with Crippen LogP contribution in [0.5, 0.6) is 11.5 Å². The second kappa shape index (κ2) is 5.67. The Morgan fingerprint density at radius 2 is 2.12 bits per heavy atom. The molecule has 0 fully saturated rings. The normalized spacial score (nSPS) is 25.5. The molecule has 1 aromatic rings. The number of hydrogen-bond donors (Lipinski definition) is 2. The molecule has 0 unspecified atom stereocenters. The van der Waals surface area contributed by atoms with Gasteiger partial charge in [-0.2, -0.15) is 0 Å². The zero-order valence-corrected chi connectivity index (χ0v) is 12.9. The number of carbonyl (C=O) groups excluding carboxylic acids is 2. The van der Waals surface area contributed by atoms with Crippen LogP contribution in [0.25, 0.3) is 0 Å². The van der Waals surface area contributed by atoms with E-state index in [0.29, 0.717) is 6.42 Å². The minimum atomic E-state index is -1.66. The van der Waals surface area contributed by atoms with Gasteiger partial charge in [-0.3, -0.25) is 9.59 Å². The fourth-order valence-electron chi connectivity index (χ4n) is 3.35. The summed E-state index contributed by atoms with van der Waals surface area (Å²) in [5.74, 6) is -3.12. The lowest BCUT2D eigenvalue weighted by molar-refractivity contribution is -0.152. The fourth-order valence-corrected chi connectivity index (χ4v) is 3.35. The Bertz CT molecular complexity index is 764. The van der Waals surface area contributed by atoms with Crippen LogP contribution in [0, 0.1) is 5.92 Å². The lowest BCUT2D eigenvalue weighted by Crippen LogP contribution is -2.51. The van der Waals surface area contributed by atoms with Gasteiger partial charge in [-0.25, -0.2) is 4.79 Å². The molecule has 0 bridgehead atoms. The van der Waals surface area contributed by atoms with Gasteiger partial charge in [-0.05, 0) is 31.0 Å². The molecule has 1 aromatic carbocycles. The Morgan fingerprint density at radius 3 is 2.79 bits per heavy atom. The lowest BCUT2D eigenvalue weighted by Gasteiger charge is -2.32. The highest BCUT2D eigenvalue weighted by atomic mass is 16.5. The number of carboxylic acid groups (broad SMARTS) is 1. The molecule has 1 heterocycles. The number of Topliss-reactive ketones (excluding diaryl/α,β-unsaturated/α-hetero) is 1. The molecule has 0 saturated heterocycles. The fraction of sp³-hybridized carbons (Fsp3) is 0.353. The van der Waals surface area contributed by atoms with Crippen LogP contribution in [-0.4, -0.2) is 40.6 Å². The zero-order valence-electron chi connectivity index (χ0n) is 12.9. The quantitative estimate of drug-likeness (QED) is 0.793. The number of esters is 1. The first-order valence-electron chi connectivity index (χ1n) is 7.46. The van der Waals surface area contributed by atoms with E-state index in [0.717, 1.165) is 0 Å². The average Bonchev–Trinajstić information content (AvgIpc) is 2.72. The van der Waals surface area contributed by atoms with E-state index in [1.165, 1.54) is 31.4 Å². The van der Waals surface area contributed by atoms with Gasteiger partial charge in [-0.1, -0.05) is 6.08 Å². The highest BCUT2D eigenvalue weighted by molar-refractivity contribution is 6.10. The number of aromatic hydroxyl groups is 1. The van der Waals surface area contributed by atoms with Crippen molar-refractivity contribution >= 4 is 17.7 Å². The number of carbonyl (C=O) groups is 3. The summed E-state index contributed by atoms with van der Waals surface area (Å²) in [4.78, 5) is 36.7. The van der Waals surface area contributed by atoms with E-state index in [1.807, 2.05) is 0 Å². The van der Waals surface area contributed by atoms with Gasteiger partial charge in [0, 0.05) is 12.0 Å². The van der Waals surface area contributed by atoms with Crippen molar-refractivity contribution in [1.82, 2.24) is 0 Å². The number of hydrogen-bond acceptors (Lipinski definition) is 6. The first-order chi connectivity index (χ1) is 11.4. The maximum absolute atomic E-state index is 13.0. The summed E-state index contributed by atoms with van der Waals surface area (Å²) in [5, 5.41) is 19.0. The second-order valence-electron chi connectivity index (χ2n) is 5.87. The summed E-state index contributed by atoms with van der Waals surface area (Å²) in [6.45, 7) is 0. The molecule has 7 nitrogen and oxygen atoms in total. The Morgan fingerprint density at radius 1 is 1.38 bits per heavy atom. The molecular formula is C17H16O7. The average molecular weight is 332 g/mol. The van der Waals surface area contributed by atoms with Gasteiger partial charge in [0.15, 0.2) is 5.60 Å². The van der Waals surface area contributed by atoms with E-state index < -0.39 is 29.2 Å². The Hall–Kier alpha value is -2.83. The second-order valence-corrected chi connectivity index (χ2v) is 5.87. The van der Waals surface area contributed by atoms with E-state index in [-0.39, 0.29) is 35.5 Å². The van der Waals surface area contributed by atoms with E-state index in [1.54, 1.807) is 0 Å². The number of phenolic OH excluding ortho intramolecular Hbond substituents is 1. The topological polar surface area (TPSA) is 110 Å². The number of methoxy groups -OCH3 is 1. The SMILES string of the molecule is COC(=O)[C@@H]1CCC=C(C(=O)O)C[C@@]12Oc1ccc(O)cc1C2=O. The van der Waals surface area contributed by atoms with Crippen LogP contribution in [0.2, 0.25) is 0 Å². The van der Waals surface area contributed by atoms with Crippen LogP contribution >= 0.6 is 0 Å². The van der Waals surface area contributed by atoms with Crippen molar-refractivity contribution in [2.45, 2.75) is 24.9 Å². The molecular weight excluding hydrogens is 316 g/mol. The molecule has 2 N–H and O–H groups in total. The molecule has 0 saturated carbocycles. The van der Waals surface area contributed by atoms with Gasteiger partial charge in [0.25, 0.3) is 0 Å². The van der Waals surface area contributed by atoms with E-state index in [9.17, 15) is 24.6 Å². The third-order valence-corrected chi connectivity index (χ3v) is 4.51. The zero-order chi connectivity index (χ0) is 17.5. The van der Waals surface area contributed by atoms with Crippen molar-refractivity contribution in [2.75, 3.05) is 7.11 Å². The summed E-state index contributed by atoms with van der Waals surface area (Å²) >= 11 is 0. The third kappa shape index (κ3) is 2.33. The highest BCUT2D eigenvalue weighted by Crippen LogP contribution is 2.47. The van der Waals surface area contributed by atoms with Gasteiger partial charge in [-0.15, -0.1) is 0 Å². The van der Waals surface area contributed by atoms with Crippen LogP contribution < -0.4 is 4.74 Å². The van der Waals surface area contributed by atoms with E-state index >= 15 is 0 Å². The van der Waals surface area contributed by atoms with Gasteiger partial charge >= 0.3 is 11.9 Å². The first-order valence-corrected chi connectivity index (χ1v) is 7.46. The molecule has 0 radical (unpaired) electrons. The number of rotatable bonds is 2. The Labute approximate surface area is 137 Å². The third-order valence-electron chi connectivity index (χ3n) is 4.51. The molecule has 1 spiro atoms. The van der Waals surface area contributed by atoms with Crippen LogP contribution in [0.15, 0.2) is 29.8 Å². The predicted octanol–water partition coefficient (Wildman–Crippen LogP) is 1.69. The maximum Gasteiger partial charge on any atom is 0.331 e. The Balaban J connectivity index is 2.12. The van der Waals surface area contributed by atoms with Gasteiger partial charge < -0.3 is 19.7 Å². The number of phenols is 1. The smallest absolute Gasteiger partial charge is 0.331 e. The maximum atomic E-state index is 13.0. The minimum absolute atomic E-state index is 0.0202. The Kier molecular flexibility index (Phi) is 3.79. The number of allylic oxidation sites excluding steroid dienone is 1. The lowest BCUT2D eigenvalue weighted by atomic mass is 9.77. The summed E-state index contributed by atoms with van der Waals surface area (Å²) in [6.07, 6.45) is 1.82. The van der Waals surface area contributed by atoms with Crippen molar-refractivity contribution in [3.05, 3.63) is 35.4 Å². The summed E-state index contributed by atoms with van der Waals surface area (Å²) in [5.41, 5.74) is -1.51. The van der Waals surface area contributed by atoms with E-state index in [2.05, 4.69) is 0 Å². The van der Waals surface area contributed by atoms with Crippen molar-refractivity contribution in [3.8, 4) is 11.5 Å². The molecule has 24 heavy (non-hydrogen) atoms. The van der Waals surface area contributed by atoms with Crippen molar-refractivity contribution in [2.24, 2.45) is 5.92 Å². The molecule has 0 aromatic heterocycles. The highest BCUT2D eigenvalue weighted by Gasteiger charge is 2.57. The largest absolute Gasteiger partial charge is 0.508 e. The molecule has 1 aliphatic heterocycles. The molecule has 3 rings (SSSR count). The summed E-state index contributed by atoms with van der Waals surface area (Å²) in [6, 6.07) is 4.05. The van der Waals surface area contributed by atoms with Crippen LogP contribution in [0.4, 0.5) is 0 Å². The minimum Gasteiger partial charge on any atom is -0.508 e. The van der Waals surface area contributed by atoms with Crippen LogP contribution in [0.1, 0.15) is 29.6 Å². The number of benzene rings is 1. The molecule has 0 amide bonds. The molecule has 2 atom stereocenters. The monoisotopic (exact) mass is 332 g/mol. The van der Waals surface area contributed by atoms with Crippen molar-refractivity contribution in [3.63, 3.8) is 0 Å². The molecule has 126 valence electrons. The van der Waals surface area contributed by atoms with Gasteiger partial charge in [0.2, 0.25) is 5.78 Å². The standard InChI is InChI=1S/C17H16O7/c1-23-16(22)12-4-2-3-9(15(20)21)8-17(12)14(19)11-7-10(18)5-6-13(11)24-17/h3,5-7,12,18H,2,4,8H2,1H3,(H,20,21)/t12-,17+/m0/s1.